The minimum absolute atomic E-state index is 0.0906. The molecular formula is C22H36BN3O3Si. The number of hydrogen-bond donors (Lipinski definition) is 3. The molecule has 0 aliphatic rings. The highest BCUT2D eigenvalue weighted by molar-refractivity contribution is 6.72. The van der Waals surface area contributed by atoms with E-state index < -0.39 is 8.32 Å². The van der Waals surface area contributed by atoms with E-state index in [1.165, 1.54) is 7.85 Å². The second-order valence-electron chi connectivity index (χ2n) is 9.62. The average Bonchev–Trinajstić information content (AvgIpc) is 3.02. The zero-order chi connectivity index (χ0) is 22.7. The van der Waals surface area contributed by atoms with Gasteiger partial charge in [-0.2, -0.15) is 0 Å². The highest BCUT2D eigenvalue weighted by atomic mass is 28.4. The number of aliphatic hydroxyl groups excluding tert-OH is 1. The fourth-order valence-electron chi connectivity index (χ4n) is 3.73. The number of aliphatic hydroxyl groups is 1. The number of amides is 1. The molecule has 6 nitrogen and oxygen atoms in total. The van der Waals surface area contributed by atoms with Crippen LogP contribution in [0.3, 0.4) is 0 Å². The molecule has 8 heteroatoms. The first-order valence-electron chi connectivity index (χ1n) is 10.6. The number of carbonyl (C=O) groups is 1. The summed E-state index contributed by atoms with van der Waals surface area (Å²) in [5.74, 6) is 1.11. The maximum atomic E-state index is 11.2. The number of benzene rings is 1. The number of imidazole rings is 1. The Kier molecular flexibility index (Phi) is 7.71. The molecule has 1 amide bonds. The van der Waals surface area contributed by atoms with E-state index in [0.29, 0.717) is 6.42 Å². The second kappa shape index (κ2) is 9.49. The van der Waals surface area contributed by atoms with Crippen molar-refractivity contribution in [3.05, 3.63) is 41.9 Å². The van der Waals surface area contributed by atoms with Gasteiger partial charge in [-0.05, 0) is 36.5 Å². The van der Waals surface area contributed by atoms with Crippen LogP contribution in [0.5, 0.6) is 0 Å². The SMILES string of the molecule is BC(=O)NC(CO)Cc1ccc(-c2cn(C)c(C(C)CC(C)(C)[Si](C)(C)O)n2)cc1. The van der Waals surface area contributed by atoms with Crippen molar-refractivity contribution in [3.8, 4) is 11.3 Å². The number of nitrogens with zero attached hydrogens (tertiary/aromatic N) is 2. The second-order valence-corrected chi connectivity index (χ2v) is 14.1. The minimum atomic E-state index is -2.27. The molecule has 1 aromatic heterocycles. The Bertz CT molecular complexity index is 860. The van der Waals surface area contributed by atoms with E-state index in [0.717, 1.165) is 29.1 Å². The summed E-state index contributed by atoms with van der Waals surface area (Å²) in [6.07, 6.45) is 3.51. The molecule has 3 N–H and O–H groups in total. The minimum Gasteiger partial charge on any atom is -0.432 e. The van der Waals surface area contributed by atoms with Crippen LogP contribution < -0.4 is 5.32 Å². The van der Waals surface area contributed by atoms with Crippen molar-refractivity contribution in [2.45, 2.75) is 63.7 Å². The number of hydrogen-bond acceptors (Lipinski definition) is 4. The van der Waals surface area contributed by atoms with Crippen molar-refractivity contribution in [2.75, 3.05) is 6.61 Å². The number of rotatable bonds is 9. The monoisotopic (exact) mass is 429 g/mol. The Morgan fingerprint density at radius 1 is 1.30 bits per heavy atom. The summed E-state index contributed by atoms with van der Waals surface area (Å²) >= 11 is 0. The molecule has 0 fully saturated rings. The molecule has 0 bridgehead atoms. The van der Waals surface area contributed by atoms with Crippen molar-refractivity contribution in [3.63, 3.8) is 0 Å². The lowest BCUT2D eigenvalue weighted by Gasteiger charge is -2.36. The molecule has 0 saturated carbocycles. The van der Waals surface area contributed by atoms with E-state index in [1.54, 1.807) is 0 Å². The third-order valence-corrected chi connectivity index (χ3v) is 9.70. The van der Waals surface area contributed by atoms with Crippen LogP contribution in [0.4, 0.5) is 4.79 Å². The number of nitrogens with one attached hydrogen (secondary N) is 1. The zero-order valence-corrected chi connectivity index (χ0v) is 20.4. The van der Waals surface area contributed by atoms with Crippen LogP contribution in [0.1, 0.15) is 44.5 Å². The average molecular weight is 429 g/mol. The summed E-state index contributed by atoms with van der Waals surface area (Å²) in [5, 5.41) is 12.1. The largest absolute Gasteiger partial charge is 0.432 e. The Labute approximate surface area is 182 Å². The normalized spacial score (nSPS) is 14.4. The molecule has 1 heterocycles. The van der Waals surface area contributed by atoms with Gasteiger partial charge in [0.15, 0.2) is 14.1 Å². The van der Waals surface area contributed by atoms with Gasteiger partial charge in [-0.3, -0.25) is 4.79 Å². The van der Waals surface area contributed by atoms with Crippen molar-refractivity contribution >= 4 is 22.0 Å². The molecule has 1 aromatic carbocycles. The summed E-state index contributed by atoms with van der Waals surface area (Å²) in [4.78, 5) is 26.7. The first kappa shape index (κ1) is 24.4. The predicted molar refractivity (Wildman–Crippen MR) is 127 cm³/mol. The molecule has 0 aliphatic heterocycles. The van der Waals surface area contributed by atoms with Gasteiger partial charge in [0, 0.05) is 24.7 Å². The third-order valence-electron chi connectivity index (χ3n) is 6.19. The van der Waals surface area contributed by atoms with Crippen molar-refractivity contribution in [2.24, 2.45) is 7.05 Å². The van der Waals surface area contributed by atoms with E-state index in [-0.39, 0.29) is 29.4 Å². The van der Waals surface area contributed by atoms with Crippen LogP contribution in [-0.4, -0.2) is 54.1 Å². The van der Waals surface area contributed by atoms with Gasteiger partial charge >= 0.3 is 0 Å². The van der Waals surface area contributed by atoms with Gasteiger partial charge in [0.2, 0.25) is 7.85 Å². The van der Waals surface area contributed by atoms with Crippen molar-refractivity contribution in [1.29, 1.82) is 0 Å². The molecule has 2 aromatic rings. The van der Waals surface area contributed by atoms with E-state index in [2.05, 4.69) is 30.7 Å². The third kappa shape index (κ3) is 6.06. The van der Waals surface area contributed by atoms with E-state index in [9.17, 15) is 14.7 Å². The molecule has 2 unspecified atom stereocenters. The fraction of sp³-hybridized carbons (Fsp3) is 0.545. The molecule has 2 rings (SSSR count). The molecular weight excluding hydrogens is 393 g/mol. The first-order valence-corrected chi connectivity index (χ1v) is 13.5. The van der Waals surface area contributed by atoms with Gasteiger partial charge < -0.3 is 19.8 Å². The van der Waals surface area contributed by atoms with E-state index in [1.807, 2.05) is 50.6 Å². The summed E-state index contributed by atoms with van der Waals surface area (Å²) in [6, 6.07) is 7.81. The number of carbonyl (C=O) groups excluding carboxylic acids is 1. The highest BCUT2D eigenvalue weighted by Gasteiger charge is 2.39. The Balaban J connectivity index is 2.15. The lowest BCUT2D eigenvalue weighted by atomic mass is 9.97. The molecule has 30 heavy (non-hydrogen) atoms. The molecule has 164 valence electrons. The van der Waals surface area contributed by atoms with Gasteiger partial charge in [-0.15, -0.1) is 0 Å². The van der Waals surface area contributed by atoms with Crippen LogP contribution in [0.2, 0.25) is 18.1 Å². The van der Waals surface area contributed by atoms with Crippen molar-refractivity contribution in [1.82, 2.24) is 14.9 Å². The summed E-state index contributed by atoms with van der Waals surface area (Å²) in [7, 11) is 1.20. The van der Waals surface area contributed by atoms with Crippen LogP contribution in [-0.2, 0) is 13.5 Å². The molecule has 0 spiro atoms. The standard InChI is InChI=1S/C22H36BN3O3Si/c1-15(12-22(2,3)30(5,6)29)20-25-19(13-26(20)4)17-9-7-16(8-10-17)11-18(14-27)24-21(23)28/h7-10,13,15,18,27,29H,11-12,14,23H2,1-6H3,(H,24,28). The van der Waals surface area contributed by atoms with E-state index >= 15 is 0 Å². The summed E-state index contributed by atoms with van der Waals surface area (Å²) in [6.45, 7) is 10.4. The van der Waals surface area contributed by atoms with Crippen LogP contribution in [0.15, 0.2) is 30.5 Å². The lowest BCUT2D eigenvalue weighted by molar-refractivity contribution is 0.229. The van der Waals surface area contributed by atoms with Crippen LogP contribution in [0, 0.1) is 0 Å². The Morgan fingerprint density at radius 2 is 1.90 bits per heavy atom. The van der Waals surface area contributed by atoms with Gasteiger partial charge in [0.25, 0.3) is 0 Å². The first-order chi connectivity index (χ1) is 13.8. The highest BCUT2D eigenvalue weighted by Crippen LogP contribution is 2.43. The van der Waals surface area contributed by atoms with Gasteiger partial charge in [-0.1, -0.05) is 45.0 Å². The topological polar surface area (TPSA) is 87.4 Å². The van der Waals surface area contributed by atoms with Crippen molar-refractivity contribution < 1.29 is 14.7 Å². The predicted octanol–water partition coefficient (Wildman–Crippen LogP) is 2.80. The maximum Gasteiger partial charge on any atom is 0.215 e. The van der Waals surface area contributed by atoms with Crippen LogP contribution in [0.25, 0.3) is 11.3 Å². The van der Waals surface area contributed by atoms with Gasteiger partial charge in [0.1, 0.15) is 5.82 Å². The number of aromatic nitrogens is 2. The molecule has 0 radical (unpaired) electrons. The molecule has 0 aliphatic carbocycles. The number of aryl methyl sites for hydroxylation is 1. The zero-order valence-electron chi connectivity index (χ0n) is 19.4. The molecule has 2 atom stereocenters. The molecule has 0 saturated heterocycles. The summed E-state index contributed by atoms with van der Waals surface area (Å²) in [5.41, 5.74) is 3.00. The van der Waals surface area contributed by atoms with Gasteiger partial charge in [0.05, 0.1) is 18.3 Å². The summed E-state index contributed by atoms with van der Waals surface area (Å²) < 4.78 is 2.08. The lowest BCUT2D eigenvalue weighted by Crippen LogP contribution is -2.39. The smallest absolute Gasteiger partial charge is 0.215 e. The Morgan fingerprint density at radius 3 is 2.40 bits per heavy atom. The van der Waals surface area contributed by atoms with Gasteiger partial charge in [-0.25, -0.2) is 4.98 Å². The van der Waals surface area contributed by atoms with E-state index in [4.69, 9.17) is 4.98 Å². The Hall–Kier alpha value is -1.90. The fourth-order valence-corrected chi connectivity index (χ4v) is 4.53. The van der Waals surface area contributed by atoms with Crippen LogP contribution >= 0.6 is 0 Å². The quantitative estimate of drug-likeness (QED) is 0.535. The maximum absolute atomic E-state index is 11.2.